The van der Waals surface area contributed by atoms with Crippen molar-refractivity contribution in [3.8, 4) is 0 Å². The first-order valence-electron chi connectivity index (χ1n) is 13.5. The molecule has 2 aromatic rings. The number of allylic oxidation sites excluding steroid dienone is 3. The first-order chi connectivity index (χ1) is 19.6. The highest BCUT2D eigenvalue weighted by Crippen LogP contribution is 2.17. The Bertz CT molecular complexity index is 1160. The third-order valence-corrected chi connectivity index (χ3v) is 5.94. The van der Waals surface area contributed by atoms with Crippen LogP contribution < -0.4 is 21.2 Å². The number of hydrogen-bond acceptors (Lipinski definition) is 7. The summed E-state index contributed by atoms with van der Waals surface area (Å²) in [4.78, 5) is 47.5. The van der Waals surface area contributed by atoms with Crippen LogP contribution in [-0.4, -0.2) is 48.0 Å². The minimum absolute atomic E-state index is 0.0132. The summed E-state index contributed by atoms with van der Waals surface area (Å²) < 4.78 is 0. The number of unbranched alkanes of at least 4 members (excludes halogenated alkanes) is 3. The van der Waals surface area contributed by atoms with Crippen LogP contribution in [0.5, 0.6) is 0 Å². The molecule has 0 aliphatic carbocycles. The lowest BCUT2D eigenvalue weighted by molar-refractivity contribution is -0.129. The topological polar surface area (TPSA) is 148 Å². The normalized spacial score (nSPS) is 11.6. The SMILES string of the molecule is CC(/C=C/C(=O)NO)=C\C(C)C(=O)c1ccc(N(C)C)cc1.O=C(CCCCCCC(=O)Nc1ccccc1)NO. The number of benzene rings is 2. The van der Waals surface area contributed by atoms with Crippen LogP contribution in [0, 0.1) is 5.92 Å². The maximum Gasteiger partial charge on any atom is 0.267 e. The highest BCUT2D eigenvalue weighted by Gasteiger charge is 2.13. The first-order valence-corrected chi connectivity index (χ1v) is 13.5. The van der Waals surface area contributed by atoms with E-state index in [1.165, 1.54) is 11.6 Å². The summed E-state index contributed by atoms with van der Waals surface area (Å²) in [6.45, 7) is 3.60. The van der Waals surface area contributed by atoms with Gasteiger partial charge in [0.05, 0.1) is 0 Å². The van der Waals surface area contributed by atoms with Crippen molar-refractivity contribution < 1.29 is 29.6 Å². The molecular formula is C31H42N4O6. The number of nitrogens with one attached hydrogen (secondary N) is 3. The second-order valence-electron chi connectivity index (χ2n) is 9.68. The van der Waals surface area contributed by atoms with Crippen molar-refractivity contribution >= 4 is 34.9 Å². The summed E-state index contributed by atoms with van der Waals surface area (Å²) in [6, 6.07) is 16.8. The number of nitrogens with zero attached hydrogens (tertiary/aromatic N) is 1. The number of ketones is 1. The smallest absolute Gasteiger partial charge is 0.267 e. The Balaban J connectivity index is 0.000000414. The summed E-state index contributed by atoms with van der Waals surface area (Å²) in [5, 5.41) is 19.5. The lowest BCUT2D eigenvalue weighted by atomic mass is 9.97. The van der Waals surface area contributed by atoms with E-state index in [1.54, 1.807) is 24.6 Å². The van der Waals surface area contributed by atoms with Gasteiger partial charge in [-0.2, -0.15) is 0 Å². The van der Waals surface area contributed by atoms with E-state index in [0.29, 0.717) is 18.4 Å². The van der Waals surface area contributed by atoms with E-state index in [4.69, 9.17) is 10.4 Å². The van der Waals surface area contributed by atoms with Crippen LogP contribution in [0.3, 0.4) is 0 Å². The Kier molecular flexibility index (Phi) is 16.7. The highest BCUT2D eigenvalue weighted by molar-refractivity contribution is 5.99. The van der Waals surface area contributed by atoms with Gasteiger partial charge in [0.1, 0.15) is 0 Å². The fourth-order valence-electron chi connectivity index (χ4n) is 3.68. The van der Waals surface area contributed by atoms with Gasteiger partial charge in [0.25, 0.3) is 5.91 Å². The molecule has 0 spiro atoms. The first kappa shape index (κ1) is 34.7. The van der Waals surface area contributed by atoms with Crippen LogP contribution in [0.15, 0.2) is 78.4 Å². The third-order valence-electron chi connectivity index (χ3n) is 5.94. The number of hydroxylamine groups is 2. The predicted molar refractivity (Wildman–Crippen MR) is 160 cm³/mol. The number of carbonyl (C=O) groups excluding carboxylic acids is 4. The molecule has 0 bridgehead atoms. The number of anilines is 2. The van der Waals surface area contributed by atoms with Gasteiger partial charge in [0, 0.05) is 55.9 Å². The summed E-state index contributed by atoms with van der Waals surface area (Å²) in [6.07, 6.45) is 8.66. The van der Waals surface area contributed by atoms with E-state index in [9.17, 15) is 19.2 Å². The van der Waals surface area contributed by atoms with E-state index < -0.39 is 5.91 Å². The number of carbonyl (C=O) groups is 4. The molecule has 41 heavy (non-hydrogen) atoms. The molecule has 0 saturated heterocycles. The number of rotatable bonds is 14. The largest absolute Gasteiger partial charge is 0.378 e. The average Bonchev–Trinajstić information content (AvgIpc) is 2.97. The molecular weight excluding hydrogens is 524 g/mol. The molecule has 0 aromatic heterocycles. The second-order valence-corrected chi connectivity index (χ2v) is 9.68. The van der Waals surface area contributed by atoms with Gasteiger partial charge in [-0.25, -0.2) is 11.0 Å². The Labute approximate surface area is 242 Å². The van der Waals surface area contributed by atoms with Gasteiger partial charge in [-0.1, -0.05) is 55.7 Å². The number of Topliss-reactive ketones (excluding diaryl/α,β-unsaturated/α-hetero) is 1. The molecule has 222 valence electrons. The zero-order chi connectivity index (χ0) is 30.6. The van der Waals surface area contributed by atoms with Crippen molar-refractivity contribution in [1.82, 2.24) is 11.0 Å². The zero-order valence-corrected chi connectivity index (χ0v) is 24.2. The Morgan fingerprint density at radius 3 is 1.93 bits per heavy atom. The van der Waals surface area contributed by atoms with Crippen LogP contribution in [0.1, 0.15) is 62.7 Å². The molecule has 10 nitrogen and oxygen atoms in total. The van der Waals surface area contributed by atoms with Crippen LogP contribution in [0.4, 0.5) is 11.4 Å². The van der Waals surface area contributed by atoms with E-state index >= 15 is 0 Å². The van der Waals surface area contributed by atoms with Crippen molar-refractivity contribution in [3.05, 3.63) is 84.0 Å². The molecule has 5 N–H and O–H groups in total. The molecule has 1 unspecified atom stereocenters. The van der Waals surface area contributed by atoms with E-state index in [1.807, 2.05) is 80.5 Å². The standard InChI is InChI=1S/C17H22N2O3.C14H20N2O3/c1-12(5-10-16(20)18-22)11-13(2)17(21)14-6-8-15(9-7-14)19(3)4;17-13(15-12-8-4-3-5-9-12)10-6-1-2-7-11-14(18)16-19/h5-11,13,22H,1-4H3,(H,18,20);3-5,8-9,19H,1-2,6-7,10-11H2,(H,15,17)(H,16,18)/b10-5+,12-11+;. The number of amides is 3. The van der Waals surface area contributed by atoms with Crippen molar-refractivity contribution in [3.63, 3.8) is 0 Å². The third kappa shape index (κ3) is 15.2. The molecule has 0 aliphatic heterocycles. The van der Waals surface area contributed by atoms with Gasteiger partial charge < -0.3 is 10.2 Å². The zero-order valence-electron chi connectivity index (χ0n) is 24.2. The van der Waals surface area contributed by atoms with Crippen molar-refractivity contribution in [2.75, 3.05) is 24.3 Å². The molecule has 2 rings (SSSR count). The summed E-state index contributed by atoms with van der Waals surface area (Å²) in [7, 11) is 3.89. The number of para-hydroxylation sites is 1. The monoisotopic (exact) mass is 566 g/mol. The van der Waals surface area contributed by atoms with E-state index in [0.717, 1.165) is 42.6 Å². The van der Waals surface area contributed by atoms with Crippen molar-refractivity contribution in [2.45, 2.75) is 52.4 Å². The van der Waals surface area contributed by atoms with Gasteiger partial charge in [-0.3, -0.25) is 29.6 Å². The van der Waals surface area contributed by atoms with Crippen molar-refractivity contribution in [1.29, 1.82) is 0 Å². The van der Waals surface area contributed by atoms with Gasteiger partial charge in [0.15, 0.2) is 5.78 Å². The van der Waals surface area contributed by atoms with Crippen LogP contribution in [0.25, 0.3) is 0 Å². The molecule has 0 fully saturated rings. The van der Waals surface area contributed by atoms with Gasteiger partial charge in [-0.05, 0) is 56.2 Å². The minimum atomic E-state index is -0.606. The molecule has 0 heterocycles. The van der Waals surface area contributed by atoms with E-state index in [-0.39, 0.29) is 23.5 Å². The quantitative estimate of drug-likeness (QED) is 0.0537. The summed E-state index contributed by atoms with van der Waals surface area (Å²) in [5.41, 5.74) is 6.38. The van der Waals surface area contributed by atoms with Gasteiger partial charge in [-0.15, -0.1) is 0 Å². The Morgan fingerprint density at radius 1 is 0.805 bits per heavy atom. The minimum Gasteiger partial charge on any atom is -0.378 e. The van der Waals surface area contributed by atoms with Gasteiger partial charge in [0.2, 0.25) is 11.8 Å². The van der Waals surface area contributed by atoms with Crippen molar-refractivity contribution in [2.24, 2.45) is 5.92 Å². The average molecular weight is 567 g/mol. The van der Waals surface area contributed by atoms with Crippen LogP contribution >= 0.6 is 0 Å². The fourth-order valence-corrected chi connectivity index (χ4v) is 3.68. The molecule has 1 atom stereocenters. The van der Waals surface area contributed by atoms with Crippen LogP contribution in [0.2, 0.25) is 0 Å². The summed E-state index contributed by atoms with van der Waals surface area (Å²) in [5.74, 6) is -1.23. The maximum absolute atomic E-state index is 12.4. The fraction of sp³-hybridized carbons (Fsp3) is 0.355. The molecule has 10 heteroatoms. The van der Waals surface area contributed by atoms with Gasteiger partial charge >= 0.3 is 0 Å². The number of hydrogen-bond donors (Lipinski definition) is 5. The molecule has 3 amide bonds. The maximum atomic E-state index is 12.4. The van der Waals surface area contributed by atoms with Crippen LogP contribution in [-0.2, 0) is 14.4 Å². The molecule has 0 aliphatic rings. The molecule has 0 saturated carbocycles. The molecule has 2 aromatic carbocycles. The lowest BCUT2D eigenvalue weighted by Gasteiger charge is -2.13. The Morgan fingerprint density at radius 2 is 1.39 bits per heavy atom. The predicted octanol–water partition coefficient (Wildman–Crippen LogP) is 5.05. The second kappa shape index (κ2) is 19.7. The summed E-state index contributed by atoms with van der Waals surface area (Å²) >= 11 is 0. The molecule has 0 radical (unpaired) electrons. The highest BCUT2D eigenvalue weighted by atomic mass is 16.5. The Hall–Kier alpha value is -4.28. The van der Waals surface area contributed by atoms with E-state index in [2.05, 4.69) is 5.32 Å². The lowest BCUT2D eigenvalue weighted by Crippen LogP contribution is -2.17.